The molecule has 1 N–H and O–H groups in total. The van der Waals surface area contributed by atoms with Crippen LogP contribution in [0.5, 0.6) is 0 Å². The molecule has 29 heavy (non-hydrogen) atoms. The summed E-state index contributed by atoms with van der Waals surface area (Å²) >= 11 is 0. The molecule has 0 unspecified atom stereocenters. The van der Waals surface area contributed by atoms with Crippen LogP contribution in [0.4, 0.5) is 0 Å². The first-order valence-corrected chi connectivity index (χ1v) is 13.2. The molecule has 0 aromatic rings. The molecular weight excluding hydrogens is 356 g/mol. The molecule has 3 aliphatic rings. The van der Waals surface area contributed by atoms with E-state index in [1.165, 1.54) is 103 Å². The van der Waals surface area contributed by atoms with Crippen molar-refractivity contribution in [2.75, 3.05) is 0 Å². The summed E-state index contributed by atoms with van der Waals surface area (Å²) in [4.78, 5) is 12.8. The smallest absolute Gasteiger partial charge is 0.310 e. The van der Waals surface area contributed by atoms with Gasteiger partial charge in [0.15, 0.2) is 0 Å². The van der Waals surface area contributed by atoms with Gasteiger partial charge in [-0.3, -0.25) is 4.79 Å². The lowest BCUT2D eigenvalue weighted by molar-refractivity contribution is -0.170. The van der Waals surface area contributed by atoms with Crippen LogP contribution in [0, 0.1) is 22.2 Å². The van der Waals surface area contributed by atoms with Crippen LogP contribution in [-0.4, -0.2) is 11.1 Å². The molecule has 0 spiro atoms. The average molecular weight is 405 g/mol. The van der Waals surface area contributed by atoms with E-state index < -0.39 is 11.4 Å². The van der Waals surface area contributed by atoms with Crippen LogP contribution >= 0.6 is 0 Å². The molecule has 0 aromatic carbocycles. The van der Waals surface area contributed by atoms with Crippen molar-refractivity contribution in [1.82, 2.24) is 0 Å². The standard InChI is InChI=1S/C27H48O2/c1-3-4-5-6-11-16-26(27(24(28)29)17-12-8-13-18-27)21-19-25(2,20-22-26)23-14-9-7-10-15-23/h23H,3-22H2,1-2H3,(H,28,29). The first-order valence-electron chi connectivity index (χ1n) is 13.2. The van der Waals surface area contributed by atoms with Gasteiger partial charge in [-0.25, -0.2) is 0 Å². The van der Waals surface area contributed by atoms with E-state index in [1.807, 2.05) is 0 Å². The van der Waals surface area contributed by atoms with E-state index in [0.717, 1.165) is 31.6 Å². The minimum Gasteiger partial charge on any atom is -0.481 e. The number of hydrogen-bond acceptors (Lipinski definition) is 1. The quantitative estimate of drug-likeness (QED) is 0.391. The molecule has 0 saturated heterocycles. The number of aliphatic carboxylic acids is 1. The SMILES string of the molecule is CCCCCCCC1(C2(C(=O)O)CCCCC2)CCC(C)(C2CCCCC2)CC1. The average Bonchev–Trinajstić information content (AvgIpc) is 2.76. The molecule has 168 valence electrons. The third-order valence-electron chi connectivity index (χ3n) is 9.83. The summed E-state index contributed by atoms with van der Waals surface area (Å²) in [5.41, 5.74) is 0.115. The van der Waals surface area contributed by atoms with Crippen molar-refractivity contribution in [2.24, 2.45) is 22.2 Å². The third kappa shape index (κ3) is 4.87. The van der Waals surface area contributed by atoms with Gasteiger partial charge in [0.1, 0.15) is 0 Å². The van der Waals surface area contributed by atoms with E-state index in [1.54, 1.807) is 0 Å². The van der Waals surface area contributed by atoms with Crippen LogP contribution < -0.4 is 0 Å². The lowest BCUT2D eigenvalue weighted by atomic mass is 9.47. The summed E-state index contributed by atoms with van der Waals surface area (Å²) in [5, 5.41) is 10.5. The zero-order valence-corrected chi connectivity index (χ0v) is 19.6. The van der Waals surface area contributed by atoms with Gasteiger partial charge in [-0.15, -0.1) is 0 Å². The van der Waals surface area contributed by atoms with Gasteiger partial charge in [0.25, 0.3) is 0 Å². The van der Waals surface area contributed by atoms with E-state index >= 15 is 0 Å². The second-order valence-corrected chi connectivity index (χ2v) is 11.4. The van der Waals surface area contributed by atoms with E-state index in [-0.39, 0.29) is 5.41 Å². The predicted octanol–water partition coefficient (Wildman–Crippen LogP) is 8.53. The number of unbranched alkanes of at least 4 members (excludes halogenated alkanes) is 4. The second kappa shape index (κ2) is 10.2. The van der Waals surface area contributed by atoms with Gasteiger partial charge in [-0.2, -0.15) is 0 Å². The molecule has 0 heterocycles. The van der Waals surface area contributed by atoms with Crippen LogP contribution in [0.1, 0.15) is 142 Å². The number of carbonyl (C=O) groups is 1. The molecule has 0 amide bonds. The van der Waals surface area contributed by atoms with Crippen LogP contribution in [0.2, 0.25) is 0 Å². The van der Waals surface area contributed by atoms with Gasteiger partial charge in [-0.05, 0) is 74.5 Å². The number of rotatable bonds is 9. The van der Waals surface area contributed by atoms with Crippen molar-refractivity contribution in [1.29, 1.82) is 0 Å². The van der Waals surface area contributed by atoms with E-state index in [9.17, 15) is 9.90 Å². The Morgan fingerprint density at radius 1 is 0.793 bits per heavy atom. The maximum Gasteiger partial charge on any atom is 0.310 e. The third-order valence-corrected chi connectivity index (χ3v) is 9.83. The fourth-order valence-electron chi connectivity index (χ4n) is 7.67. The highest BCUT2D eigenvalue weighted by Gasteiger charge is 2.58. The summed E-state index contributed by atoms with van der Waals surface area (Å²) < 4.78 is 0. The highest BCUT2D eigenvalue weighted by Crippen LogP contribution is 2.63. The molecule has 0 aromatic heterocycles. The molecule has 0 aliphatic heterocycles. The fraction of sp³-hybridized carbons (Fsp3) is 0.963. The minimum atomic E-state index is -0.452. The number of hydrogen-bond donors (Lipinski definition) is 1. The maximum absolute atomic E-state index is 12.8. The summed E-state index contributed by atoms with van der Waals surface area (Å²) in [6.07, 6.45) is 25.1. The normalized spacial score (nSPS) is 33.4. The largest absolute Gasteiger partial charge is 0.481 e. The Hall–Kier alpha value is -0.530. The van der Waals surface area contributed by atoms with Crippen LogP contribution in [0.15, 0.2) is 0 Å². The second-order valence-electron chi connectivity index (χ2n) is 11.4. The number of carboxylic acids is 1. The Morgan fingerprint density at radius 3 is 1.97 bits per heavy atom. The zero-order valence-electron chi connectivity index (χ0n) is 19.6. The lowest BCUT2D eigenvalue weighted by Gasteiger charge is -2.57. The summed E-state index contributed by atoms with van der Waals surface area (Å²) in [7, 11) is 0. The molecule has 3 saturated carbocycles. The van der Waals surface area contributed by atoms with Crippen molar-refractivity contribution in [2.45, 2.75) is 142 Å². The van der Waals surface area contributed by atoms with Crippen molar-refractivity contribution in [3.8, 4) is 0 Å². The molecule has 3 rings (SSSR count). The summed E-state index contributed by atoms with van der Waals surface area (Å²) in [5.74, 6) is 0.443. The van der Waals surface area contributed by atoms with Gasteiger partial charge in [0.2, 0.25) is 0 Å². The van der Waals surface area contributed by atoms with Gasteiger partial charge >= 0.3 is 5.97 Å². The van der Waals surface area contributed by atoms with Gasteiger partial charge in [0.05, 0.1) is 5.41 Å². The Bertz CT molecular complexity index is 503. The van der Waals surface area contributed by atoms with Crippen molar-refractivity contribution in [3.63, 3.8) is 0 Å². The fourth-order valence-corrected chi connectivity index (χ4v) is 7.67. The van der Waals surface area contributed by atoms with E-state index in [0.29, 0.717) is 5.41 Å². The predicted molar refractivity (Wildman–Crippen MR) is 122 cm³/mol. The van der Waals surface area contributed by atoms with Crippen LogP contribution in [-0.2, 0) is 4.79 Å². The molecular formula is C27H48O2. The zero-order chi connectivity index (χ0) is 20.8. The lowest BCUT2D eigenvalue weighted by Crippen LogP contribution is -2.52. The van der Waals surface area contributed by atoms with Gasteiger partial charge < -0.3 is 5.11 Å². The topological polar surface area (TPSA) is 37.3 Å². The number of carboxylic acid groups (broad SMARTS) is 1. The minimum absolute atomic E-state index is 0.0691. The van der Waals surface area contributed by atoms with Crippen LogP contribution in [0.3, 0.4) is 0 Å². The Balaban J connectivity index is 1.76. The first-order chi connectivity index (χ1) is 14.0. The Labute approximate surface area is 180 Å². The summed E-state index contributed by atoms with van der Waals surface area (Å²) in [6.45, 7) is 4.83. The summed E-state index contributed by atoms with van der Waals surface area (Å²) in [6, 6.07) is 0. The maximum atomic E-state index is 12.8. The van der Waals surface area contributed by atoms with E-state index in [2.05, 4.69) is 13.8 Å². The van der Waals surface area contributed by atoms with Gasteiger partial charge in [0, 0.05) is 0 Å². The van der Waals surface area contributed by atoms with Crippen molar-refractivity contribution < 1.29 is 9.90 Å². The van der Waals surface area contributed by atoms with E-state index in [4.69, 9.17) is 0 Å². The van der Waals surface area contributed by atoms with Crippen molar-refractivity contribution >= 4 is 5.97 Å². The highest BCUT2D eigenvalue weighted by atomic mass is 16.4. The molecule has 2 nitrogen and oxygen atoms in total. The Morgan fingerprint density at radius 2 is 1.38 bits per heavy atom. The highest BCUT2D eigenvalue weighted by molar-refractivity contribution is 5.76. The monoisotopic (exact) mass is 404 g/mol. The molecule has 0 atom stereocenters. The molecule has 0 bridgehead atoms. The molecule has 2 heteroatoms. The molecule has 3 aliphatic carbocycles. The Kier molecular flexibility index (Phi) is 8.13. The van der Waals surface area contributed by atoms with Gasteiger partial charge in [-0.1, -0.05) is 84.5 Å². The van der Waals surface area contributed by atoms with Crippen molar-refractivity contribution in [3.05, 3.63) is 0 Å². The molecule has 0 radical (unpaired) electrons. The van der Waals surface area contributed by atoms with Crippen LogP contribution in [0.25, 0.3) is 0 Å². The molecule has 3 fully saturated rings. The first kappa shape index (κ1) is 23.1.